The second kappa shape index (κ2) is 5.30. The normalized spacial score (nSPS) is 14.7. The summed E-state index contributed by atoms with van der Waals surface area (Å²) in [6.07, 6.45) is -5.32. The number of halogens is 5. The predicted octanol–water partition coefficient (Wildman–Crippen LogP) is 4.36. The fraction of sp³-hybridized carbons (Fsp3) is 0.455. The maximum Gasteiger partial charge on any atom is 0.457 e. The van der Waals surface area contributed by atoms with E-state index in [0.717, 1.165) is 0 Å². The van der Waals surface area contributed by atoms with Crippen molar-refractivity contribution >= 4 is 13.2 Å². The maximum absolute atomic E-state index is 13.4. The molecule has 0 spiro atoms. The summed E-state index contributed by atoms with van der Waals surface area (Å²) in [4.78, 5) is 0. The lowest BCUT2D eigenvalue weighted by molar-refractivity contribution is -0.240. The summed E-state index contributed by atoms with van der Waals surface area (Å²) < 4.78 is 63.8. The summed E-state index contributed by atoms with van der Waals surface area (Å²) in [7, 11) is -2.55. The van der Waals surface area contributed by atoms with E-state index >= 15 is 0 Å². The van der Waals surface area contributed by atoms with Crippen LogP contribution in [-0.4, -0.2) is 18.0 Å². The van der Waals surface area contributed by atoms with E-state index in [1.165, 1.54) is 24.3 Å². The van der Waals surface area contributed by atoms with Crippen molar-refractivity contribution in [3.05, 3.63) is 30.3 Å². The van der Waals surface area contributed by atoms with Crippen LogP contribution >= 0.6 is 7.92 Å². The largest absolute Gasteiger partial charge is 0.457 e. The maximum atomic E-state index is 13.4. The molecule has 96 valence electrons. The fourth-order valence-corrected chi connectivity index (χ4v) is 3.56. The van der Waals surface area contributed by atoms with Crippen LogP contribution in [0.5, 0.6) is 0 Å². The van der Waals surface area contributed by atoms with E-state index in [2.05, 4.69) is 0 Å². The SMILES string of the molecule is CCCP(c1ccccc1)C(F)(F)C(F)(F)F. The van der Waals surface area contributed by atoms with Crippen LogP contribution in [0.25, 0.3) is 0 Å². The molecule has 17 heavy (non-hydrogen) atoms. The highest BCUT2D eigenvalue weighted by Crippen LogP contribution is 2.59. The molecule has 0 bridgehead atoms. The first-order valence-electron chi connectivity index (χ1n) is 5.08. The van der Waals surface area contributed by atoms with Crippen molar-refractivity contribution in [3.8, 4) is 0 Å². The van der Waals surface area contributed by atoms with Crippen LogP contribution in [0.2, 0.25) is 0 Å². The summed E-state index contributed by atoms with van der Waals surface area (Å²) >= 11 is 0. The highest BCUT2D eigenvalue weighted by molar-refractivity contribution is 7.66. The molecule has 1 unspecified atom stereocenters. The van der Waals surface area contributed by atoms with Gasteiger partial charge in [-0.05, 0) is 11.5 Å². The predicted molar refractivity (Wildman–Crippen MR) is 59.2 cm³/mol. The summed E-state index contributed by atoms with van der Waals surface area (Å²) in [5.74, 6) is 0. The number of hydrogen-bond donors (Lipinski definition) is 0. The van der Waals surface area contributed by atoms with Gasteiger partial charge in [0.05, 0.1) is 0 Å². The molecule has 0 aliphatic carbocycles. The average Bonchev–Trinajstić information content (AvgIpc) is 2.25. The lowest BCUT2D eigenvalue weighted by Crippen LogP contribution is -2.37. The summed E-state index contributed by atoms with van der Waals surface area (Å²) in [6.45, 7) is 1.60. The van der Waals surface area contributed by atoms with E-state index in [1.54, 1.807) is 13.0 Å². The van der Waals surface area contributed by atoms with Crippen LogP contribution in [0, 0.1) is 0 Å². The second-order valence-corrected chi connectivity index (χ2v) is 5.91. The highest BCUT2D eigenvalue weighted by Gasteiger charge is 2.62. The van der Waals surface area contributed by atoms with Crippen LogP contribution in [-0.2, 0) is 0 Å². The van der Waals surface area contributed by atoms with Gasteiger partial charge >= 0.3 is 11.8 Å². The van der Waals surface area contributed by atoms with Gasteiger partial charge in [0.15, 0.2) is 0 Å². The minimum atomic E-state index is -5.48. The van der Waals surface area contributed by atoms with Gasteiger partial charge in [-0.25, -0.2) is 0 Å². The minimum absolute atomic E-state index is 0.0895. The second-order valence-electron chi connectivity index (χ2n) is 3.53. The number of rotatable bonds is 4. The van der Waals surface area contributed by atoms with Gasteiger partial charge in [-0.1, -0.05) is 43.7 Å². The molecule has 0 saturated carbocycles. The smallest absolute Gasteiger partial charge is 0.191 e. The Kier molecular flexibility index (Phi) is 4.48. The van der Waals surface area contributed by atoms with E-state index < -0.39 is 19.8 Å². The van der Waals surface area contributed by atoms with Crippen LogP contribution in [0.3, 0.4) is 0 Å². The Bertz CT molecular complexity index is 347. The van der Waals surface area contributed by atoms with Gasteiger partial charge in [-0.3, -0.25) is 0 Å². The molecular weight excluding hydrogens is 258 g/mol. The van der Waals surface area contributed by atoms with Crippen LogP contribution < -0.4 is 5.30 Å². The molecule has 1 aromatic carbocycles. The molecule has 1 atom stereocenters. The Morgan fingerprint density at radius 3 is 1.94 bits per heavy atom. The molecule has 1 aromatic rings. The van der Waals surface area contributed by atoms with Crippen LogP contribution in [0.15, 0.2) is 30.3 Å². The van der Waals surface area contributed by atoms with Gasteiger partial charge in [0.25, 0.3) is 0 Å². The van der Waals surface area contributed by atoms with Gasteiger partial charge < -0.3 is 0 Å². The number of hydrogen-bond acceptors (Lipinski definition) is 0. The van der Waals surface area contributed by atoms with Crippen LogP contribution in [0.4, 0.5) is 22.0 Å². The topological polar surface area (TPSA) is 0 Å². The molecule has 0 heterocycles. The average molecular weight is 270 g/mol. The van der Waals surface area contributed by atoms with E-state index in [9.17, 15) is 22.0 Å². The Hall–Kier alpha value is -0.700. The van der Waals surface area contributed by atoms with Crippen molar-refractivity contribution < 1.29 is 22.0 Å². The van der Waals surface area contributed by atoms with Gasteiger partial charge in [0.1, 0.15) is 0 Å². The standard InChI is InChI=1S/C11H12F5P/c1-2-8-17(9-6-4-3-5-7-9)11(15,16)10(12,13)14/h3-7H,2,8H2,1H3. The van der Waals surface area contributed by atoms with Gasteiger partial charge in [0.2, 0.25) is 0 Å². The van der Waals surface area contributed by atoms with Crippen LogP contribution in [0.1, 0.15) is 13.3 Å². The first kappa shape index (κ1) is 14.4. The van der Waals surface area contributed by atoms with E-state index in [1.807, 2.05) is 0 Å². The molecule has 0 amide bonds. The molecule has 0 radical (unpaired) electrons. The molecule has 1 rings (SSSR count). The minimum Gasteiger partial charge on any atom is -0.191 e. The van der Waals surface area contributed by atoms with E-state index in [-0.39, 0.29) is 11.5 Å². The summed E-state index contributed by atoms with van der Waals surface area (Å²) in [5.41, 5.74) is -4.63. The zero-order valence-corrected chi connectivity index (χ0v) is 10.0. The van der Waals surface area contributed by atoms with Crippen molar-refractivity contribution in [3.63, 3.8) is 0 Å². The number of benzene rings is 1. The lowest BCUT2D eigenvalue weighted by Gasteiger charge is -2.29. The Balaban J connectivity index is 3.10. The summed E-state index contributed by atoms with van der Waals surface area (Å²) in [5, 5.41) is 0.0895. The lowest BCUT2D eigenvalue weighted by atomic mass is 10.4. The quantitative estimate of drug-likeness (QED) is 0.563. The molecule has 0 N–H and O–H groups in total. The van der Waals surface area contributed by atoms with Crippen molar-refractivity contribution in [1.29, 1.82) is 0 Å². The first-order valence-corrected chi connectivity index (χ1v) is 6.60. The van der Waals surface area contributed by atoms with Crippen molar-refractivity contribution in [2.75, 3.05) is 6.16 Å². The molecular formula is C11H12F5P. The Morgan fingerprint density at radius 1 is 1.00 bits per heavy atom. The molecule has 0 saturated heterocycles. The van der Waals surface area contributed by atoms with Gasteiger partial charge in [-0.2, -0.15) is 22.0 Å². The zero-order chi connectivity index (χ0) is 13.1. The highest BCUT2D eigenvalue weighted by atomic mass is 31.1. The summed E-state index contributed by atoms with van der Waals surface area (Å²) in [6, 6.07) is 7.22. The zero-order valence-electron chi connectivity index (χ0n) is 9.14. The van der Waals surface area contributed by atoms with Gasteiger partial charge in [-0.15, -0.1) is 0 Å². The molecule has 0 aliphatic heterocycles. The fourth-order valence-electron chi connectivity index (χ4n) is 1.42. The molecule has 0 aromatic heterocycles. The molecule has 0 nitrogen and oxygen atoms in total. The molecule has 6 heteroatoms. The van der Waals surface area contributed by atoms with Crippen molar-refractivity contribution in [2.45, 2.75) is 25.2 Å². The first-order chi connectivity index (χ1) is 7.80. The monoisotopic (exact) mass is 270 g/mol. The van der Waals surface area contributed by atoms with Crippen molar-refractivity contribution in [2.24, 2.45) is 0 Å². The molecule has 0 fully saturated rings. The third kappa shape index (κ3) is 3.15. The molecule has 0 aliphatic rings. The Labute approximate surface area is 97.6 Å². The van der Waals surface area contributed by atoms with Crippen molar-refractivity contribution in [1.82, 2.24) is 0 Å². The number of alkyl halides is 5. The van der Waals surface area contributed by atoms with E-state index in [4.69, 9.17) is 0 Å². The van der Waals surface area contributed by atoms with E-state index in [0.29, 0.717) is 6.42 Å². The Morgan fingerprint density at radius 2 is 1.53 bits per heavy atom. The third-order valence-corrected chi connectivity index (χ3v) is 4.94. The van der Waals surface area contributed by atoms with Gasteiger partial charge in [0, 0.05) is 7.92 Å². The third-order valence-electron chi connectivity index (χ3n) is 2.20.